The lowest BCUT2D eigenvalue weighted by molar-refractivity contribution is 0.0738. The fourth-order valence-corrected chi connectivity index (χ4v) is 2.82. The van der Waals surface area contributed by atoms with Gasteiger partial charge in [-0.05, 0) is 18.4 Å². The second kappa shape index (κ2) is 8.70. The first-order chi connectivity index (χ1) is 12.4. The van der Waals surface area contributed by atoms with Crippen LogP contribution in [0.4, 0.5) is 0 Å². The quantitative estimate of drug-likeness (QED) is 0.730. The number of nitrogens with zero attached hydrogens (tertiary/aromatic N) is 1. The summed E-state index contributed by atoms with van der Waals surface area (Å²) < 4.78 is 6.99. The fraction of sp³-hybridized carbons (Fsp3) is 0.429. The minimum absolute atomic E-state index is 0.0536. The third-order valence-electron chi connectivity index (χ3n) is 4.70. The normalized spacial score (nSPS) is 21.7. The number of ketones is 1. The van der Waals surface area contributed by atoms with Gasteiger partial charge in [-0.15, -0.1) is 0 Å². The molecule has 2 unspecified atom stereocenters. The lowest BCUT2D eigenvalue weighted by atomic mass is 9.88. The van der Waals surface area contributed by atoms with Gasteiger partial charge in [0.2, 0.25) is 0 Å². The molecule has 0 saturated carbocycles. The van der Waals surface area contributed by atoms with Crippen molar-refractivity contribution in [3.05, 3.63) is 64.1 Å². The molecule has 140 valence electrons. The highest BCUT2D eigenvalue weighted by atomic mass is 16.6. The molecule has 3 atom stereocenters. The molecule has 0 aromatic carbocycles. The average Bonchev–Trinajstić information content (AvgIpc) is 2.63. The zero-order valence-electron chi connectivity index (χ0n) is 16.1. The van der Waals surface area contributed by atoms with E-state index in [0.29, 0.717) is 11.7 Å². The number of aromatic nitrogens is 1. The molecule has 0 spiro atoms. The van der Waals surface area contributed by atoms with Gasteiger partial charge in [-0.25, -0.2) is 0 Å². The summed E-state index contributed by atoms with van der Waals surface area (Å²) >= 11 is 0. The molecule has 5 heteroatoms. The minimum atomic E-state index is -0.489. The Kier molecular flexibility index (Phi) is 6.61. The van der Waals surface area contributed by atoms with E-state index in [1.54, 1.807) is 13.0 Å². The van der Waals surface area contributed by atoms with Gasteiger partial charge in [0.25, 0.3) is 5.56 Å². The number of Topliss-reactive ketones (excluding diaryl/α,β-unsaturated/α-hetero) is 1. The summed E-state index contributed by atoms with van der Waals surface area (Å²) in [7, 11) is 1.38. The number of rotatable bonds is 6. The first kappa shape index (κ1) is 19.8. The second-order valence-corrected chi connectivity index (χ2v) is 6.63. The van der Waals surface area contributed by atoms with E-state index in [1.165, 1.54) is 13.3 Å². The molecule has 1 aromatic rings. The molecule has 0 radical (unpaired) electrons. The molecule has 0 fully saturated rings. The van der Waals surface area contributed by atoms with E-state index in [0.717, 1.165) is 16.7 Å². The van der Waals surface area contributed by atoms with Gasteiger partial charge in [0.05, 0.1) is 12.1 Å². The summed E-state index contributed by atoms with van der Waals surface area (Å²) in [6, 6.07) is 1.59. The molecule has 26 heavy (non-hydrogen) atoms. The van der Waals surface area contributed by atoms with Crippen LogP contribution in [0.15, 0.2) is 53.0 Å². The Balaban J connectivity index is 2.22. The topological polar surface area (TPSA) is 57.5 Å². The van der Waals surface area contributed by atoms with E-state index in [2.05, 4.69) is 19.9 Å². The summed E-state index contributed by atoms with van der Waals surface area (Å²) in [6.45, 7) is 8.03. The summed E-state index contributed by atoms with van der Waals surface area (Å²) in [4.78, 5) is 29.9. The van der Waals surface area contributed by atoms with Crippen LogP contribution in [0.1, 0.15) is 44.5 Å². The molecule has 2 rings (SSSR count). The number of hydrogen-bond acceptors (Lipinski definition) is 4. The van der Waals surface area contributed by atoms with Crippen molar-refractivity contribution in [3.63, 3.8) is 0 Å². The Hall–Kier alpha value is -2.56. The molecular formula is C21H27NO4. The standard InChI is InChI=1S/C21H27NO4/c1-6-14(2)10-8-7-9-11-15(3)20-16(4)19(23)18-17(26-20)12-13-22(25-5)21(18)24/h7-14,16,20H,6H2,1-5H3/b9-7+,10-8+,15-11+/t14-,16?,20?/m1/s1. The van der Waals surface area contributed by atoms with Crippen LogP contribution in [0.2, 0.25) is 0 Å². The molecule has 1 aliphatic rings. The Labute approximate surface area is 154 Å². The SMILES string of the molecule is CC[C@@H](C)/C=C/C=C/C=C(\C)C1Oc2ccn(OC)c(=O)c2C(=O)C1C. The molecule has 0 amide bonds. The van der Waals surface area contributed by atoms with Crippen molar-refractivity contribution in [2.45, 2.75) is 40.2 Å². The number of pyridine rings is 1. The summed E-state index contributed by atoms with van der Waals surface area (Å²) in [5, 5.41) is 0. The van der Waals surface area contributed by atoms with Crippen molar-refractivity contribution in [2.24, 2.45) is 11.8 Å². The minimum Gasteiger partial charge on any atom is -0.484 e. The van der Waals surface area contributed by atoms with Crippen molar-refractivity contribution in [1.82, 2.24) is 4.73 Å². The van der Waals surface area contributed by atoms with Gasteiger partial charge < -0.3 is 9.57 Å². The first-order valence-corrected chi connectivity index (χ1v) is 8.93. The van der Waals surface area contributed by atoms with Gasteiger partial charge in [0.15, 0.2) is 5.78 Å². The van der Waals surface area contributed by atoms with E-state index >= 15 is 0 Å². The smallest absolute Gasteiger partial charge is 0.297 e. The van der Waals surface area contributed by atoms with Crippen LogP contribution in [-0.4, -0.2) is 23.7 Å². The maximum Gasteiger partial charge on any atom is 0.297 e. The molecular weight excluding hydrogens is 330 g/mol. The highest BCUT2D eigenvalue weighted by molar-refractivity contribution is 6.01. The Morgan fingerprint density at radius 2 is 2.08 bits per heavy atom. The first-order valence-electron chi connectivity index (χ1n) is 8.93. The molecule has 0 aliphatic carbocycles. The summed E-state index contributed by atoms with van der Waals surface area (Å²) in [6.07, 6.45) is 12.2. The van der Waals surface area contributed by atoms with Crippen molar-refractivity contribution >= 4 is 5.78 Å². The molecule has 0 N–H and O–H groups in total. The van der Waals surface area contributed by atoms with E-state index in [-0.39, 0.29) is 11.3 Å². The van der Waals surface area contributed by atoms with Crippen LogP contribution in [0.25, 0.3) is 0 Å². The van der Waals surface area contributed by atoms with Crippen LogP contribution >= 0.6 is 0 Å². The van der Waals surface area contributed by atoms with E-state index in [1.807, 2.05) is 31.2 Å². The predicted octanol–water partition coefficient (Wildman–Crippen LogP) is 3.59. The molecule has 0 bridgehead atoms. The van der Waals surface area contributed by atoms with Gasteiger partial charge in [-0.2, -0.15) is 4.73 Å². The maximum absolute atomic E-state index is 12.7. The van der Waals surface area contributed by atoms with Crippen LogP contribution in [-0.2, 0) is 0 Å². The highest BCUT2D eigenvalue weighted by Gasteiger charge is 2.37. The van der Waals surface area contributed by atoms with Crippen molar-refractivity contribution < 1.29 is 14.4 Å². The van der Waals surface area contributed by atoms with E-state index in [4.69, 9.17) is 9.57 Å². The predicted molar refractivity (Wildman–Crippen MR) is 103 cm³/mol. The summed E-state index contributed by atoms with van der Waals surface area (Å²) in [5.41, 5.74) is 0.496. The van der Waals surface area contributed by atoms with Crippen LogP contribution in [0, 0.1) is 11.8 Å². The average molecular weight is 357 g/mol. The third kappa shape index (κ3) is 4.15. The van der Waals surface area contributed by atoms with Gasteiger partial charge >= 0.3 is 0 Å². The van der Waals surface area contributed by atoms with Crippen LogP contribution in [0.5, 0.6) is 5.75 Å². The molecule has 0 saturated heterocycles. The Morgan fingerprint density at radius 3 is 2.73 bits per heavy atom. The molecule has 1 aromatic heterocycles. The van der Waals surface area contributed by atoms with Gasteiger partial charge in [-0.3, -0.25) is 9.59 Å². The highest BCUT2D eigenvalue weighted by Crippen LogP contribution is 2.31. The number of carbonyl (C=O) groups excluding carboxylic acids is 1. The Morgan fingerprint density at radius 1 is 1.35 bits per heavy atom. The second-order valence-electron chi connectivity index (χ2n) is 6.63. The lowest BCUT2D eigenvalue weighted by Crippen LogP contribution is -2.42. The van der Waals surface area contributed by atoms with Crippen LogP contribution < -0.4 is 15.1 Å². The van der Waals surface area contributed by atoms with Crippen molar-refractivity contribution in [1.29, 1.82) is 0 Å². The molecule has 2 heterocycles. The number of hydrogen-bond donors (Lipinski definition) is 0. The molecule has 1 aliphatic heterocycles. The summed E-state index contributed by atoms with van der Waals surface area (Å²) in [5.74, 6) is 0.200. The molecule has 5 nitrogen and oxygen atoms in total. The number of allylic oxidation sites excluding steroid dienone is 5. The Bertz CT molecular complexity index is 801. The van der Waals surface area contributed by atoms with Gasteiger partial charge in [0, 0.05) is 6.07 Å². The largest absolute Gasteiger partial charge is 0.484 e. The van der Waals surface area contributed by atoms with E-state index in [9.17, 15) is 9.59 Å². The van der Waals surface area contributed by atoms with E-state index < -0.39 is 17.6 Å². The fourth-order valence-electron chi connectivity index (χ4n) is 2.82. The maximum atomic E-state index is 12.7. The monoisotopic (exact) mass is 357 g/mol. The number of carbonyl (C=O) groups is 1. The lowest BCUT2D eigenvalue weighted by Gasteiger charge is -2.30. The van der Waals surface area contributed by atoms with Crippen LogP contribution in [0.3, 0.4) is 0 Å². The zero-order chi connectivity index (χ0) is 19.3. The van der Waals surface area contributed by atoms with Gasteiger partial charge in [-0.1, -0.05) is 57.6 Å². The van der Waals surface area contributed by atoms with Crippen molar-refractivity contribution in [3.8, 4) is 5.75 Å². The zero-order valence-corrected chi connectivity index (χ0v) is 16.1. The van der Waals surface area contributed by atoms with Gasteiger partial charge in [0.1, 0.15) is 24.5 Å². The van der Waals surface area contributed by atoms with Crippen molar-refractivity contribution in [2.75, 3.05) is 7.11 Å². The number of fused-ring (bicyclic) bond motifs is 1. The number of ether oxygens (including phenoxy) is 1. The third-order valence-corrected chi connectivity index (χ3v) is 4.70.